The summed E-state index contributed by atoms with van der Waals surface area (Å²) in [6.07, 6.45) is 5.39. The molecule has 0 amide bonds. The van der Waals surface area contributed by atoms with E-state index >= 15 is 0 Å². The van der Waals surface area contributed by atoms with Gasteiger partial charge in [-0.15, -0.1) is 0 Å². The second-order valence-corrected chi connectivity index (χ2v) is 7.94. The molecule has 3 aliphatic heterocycles. The fourth-order valence-electron chi connectivity index (χ4n) is 4.08. The van der Waals surface area contributed by atoms with Crippen LogP contribution in [-0.2, 0) is 9.47 Å². The molecule has 0 aromatic carbocycles. The van der Waals surface area contributed by atoms with E-state index in [1.54, 1.807) is 0 Å². The molecule has 0 aliphatic carbocycles. The SMILES string of the molecule is C=C1CC[C@@]2(O)C(=C)CO[C@H]2/C=C(\C)CC[C@H](O)[C@]2(C)CC[C@@H]1O2. The minimum atomic E-state index is -1.04. The zero-order valence-corrected chi connectivity index (χ0v) is 14.9. The van der Waals surface area contributed by atoms with E-state index in [0.717, 1.165) is 36.0 Å². The van der Waals surface area contributed by atoms with Crippen molar-refractivity contribution in [3.8, 4) is 0 Å². The summed E-state index contributed by atoms with van der Waals surface area (Å²) in [7, 11) is 0. The van der Waals surface area contributed by atoms with Crippen molar-refractivity contribution in [2.75, 3.05) is 6.61 Å². The molecule has 0 unspecified atom stereocenters. The molecule has 0 aromatic rings. The molecule has 134 valence electrons. The third-order valence-corrected chi connectivity index (χ3v) is 6.07. The Morgan fingerprint density at radius 2 is 1.96 bits per heavy atom. The largest absolute Gasteiger partial charge is 0.390 e. The van der Waals surface area contributed by atoms with Gasteiger partial charge in [-0.2, -0.15) is 0 Å². The lowest BCUT2D eigenvalue weighted by Crippen LogP contribution is -2.39. The molecule has 2 fully saturated rings. The molecule has 3 rings (SSSR count). The van der Waals surface area contributed by atoms with Crippen molar-refractivity contribution in [3.63, 3.8) is 0 Å². The summed E-state index contributed by atoms with van der Waals surface area (Å²) < 4.78 is 12.0. The van der Waals surface area contributed by atoms with Crippen molar-refractivity contribution in [2.24, 2.45) is 0 Å². The number of hydrogen-bond acceptors (Lipinski definition) is 4. The van der Waals surface area contributed by atoms with Gasteiger partial charge in [0.25, 0.3) is 0 Å². The van der Waals surface area contributed by atoms with Gasteiger partial charge in [-0.3, -0.25) is 0 Å². The van der Waals surface area contributed by atoms with Crippen LogP contribution < -0.4 is 0 Å². The van der Waals surface area contributed by atoms with Gasteiger partial charge in [-0.25, -0.2) is 0 Å². The fraction of sp³-hybridized carbons (Fsp3) is 0.700. The molecule has 2 saturated heterocycles. The fourth-order valence-corrected chi connectivity index (χ4v) is 4.08. The predicted octanol–water partition coefficient (Wildman–Crippen LogP) is 3.05. The van der Waals surface area contributed by atoms with E-state index in [2.05, 4.69) is 13.2 Å². The van der Waals surface area contributed by atoms with Crippen LogP contribution in [0.1, 0.15) is 52.4 Å². The summed E-state index contributed by atoms with van der Waals surface area (Å²) in [6, 6.07) is 0. The number of allylic oxidation sites excluding steroid dienone is 1. The molecule has 24 heavy (non-hydrogen) atoms. The zero-order valence-electron chi connectivity index (χ0n) is 14.9. The van der Waals surface area contributed by atoms with Crippen molar-refractivity contribution in [1.82, 2.24) is 0 Å². The number of aliphatic hydroxyl groups is 2. The van der Waals surface area contributed by atoms with E-state index in [9.17, 15) is 10.2 Å². The van der Waals surface area contributed by atoms with E-state index in [0.29, 0.717) is 25.9 Å². The highest BCUT2D eigenvalue weighted by Gasteiger charge is 2.46. The molecule has 2 N–H and O–H groups in total. The Balaban J connectivity index is 1.88. The monoisotopic (exact) mass is 334 g/mol. The third-order valence-electron chi connectivity index (χ3n) is 6.07. The van der Waals surface area contributed by atoms with Crippen LogP contribution >= 0.6 is 0 Å². The molecule has 3 aliphatic rings. The van der Waals surface area contributed by atoms with Gasteiger partial charge < -0.3 is 19.7 Å². The van der Waals surface area contributed by atoms with Crippen LogP contribution in [-0.4, -0.2) is 46.3 Å². The maximum atomic E-state index is 11.1. The van der Waals surface area contributed by atoms with Crippen LogP contribution in [0.2, 0.25) is 0 Å². The molecule has 0 aromatic heterocycles. The van der Waals surface area contributed by atoms with E-state index in [4.69, 9.17) is 9.47 Å². The normalized spacial score (nSPS) is 46.5. The molecule has 4 heteroatoms. The van der Waals surface area contributed by atoms with Crippen molar-refractivity contribution in [2.45, 2.75) is 81.9 Å². The van der Waals surface area contributed by atoms with Crippen molar-refractivity contribution in [1.29, 1.82) is 0 Å². The quantitative estimate of drug-likeness (QED) is 0.669. The Morgan fingerprint density at radius 3 is 2.71 bits per heavy atom. The lowest BCUT2D eigenvalue weighted by atomic mass is 9.83. The van der Waals surface area contributed by atoms with Crippen LogP contribution in [0, 0.1) is 0 Å². The smallest absolute Gasteiger partial charge is 0.118 e. The summed E-state index contributed by atoms with van der Waals surface area (Å²) in [5.74, 6) is 0. The first-order chi connectivity index (χ1) is 11.2. The van der Waals surface area contributed by atoms with Crippen LogP contribution in [0.4, 0.5) is 0 Å². The van der Waals surface area contributed by atoms with Crippen LogP contribution in [0.15, 0.2) is 36.0 Å². The first-order valence-electron chi connectivity index (χ1n) is 8.98. The molecule has 0 spiro atoms. The summed E-state index contributed by atoms with van der Waals surface area (Å²) in [4.78, 5) is 0. The van der Waals surface area contributed by atoms with Crippen LogP contribution in [0.5, 0.6) is 0 Å². The van der Waals surface area contributed by atoms with Crippen molar-refractivity contribution < 1.29 is 19.7 Å². The number of fused-ring (bicyclic) bond motifs is 3. The number of rotatable bonds is 0. The minimum Gasteiger partial charge on any atom is -0.390 e. The molecule has 2 bridgehead atoms. The van der Waals surface area contributed by atoms with Gasteiger partial charge in [0.1, 0.15) is 11.7 Å². The second kappa shape index (κ2) is 6.41. The molecule has 0 radical (unpaired) electrons. The van der Waals surface area contributed by atoms with Crippen molar-refractivity contribution >= 4 is 0 Å². The first-order valence-corrected chi connectivity index (χ1v) is 8.98. The topological polar surface area (TPSA) is 58.9 Å². The maximum Gasteiger partial charge on any atom is 0.118 e. The summed E-state index contributed by atoms with van der Waals surface area (Å²) in [5.41, 5.74) is 1.28. The molecular formula is C20H30O4. The van der Waals surface area contributed by atoms with Crippen LogP contribution in [0.3, 0.4) is 0 Å². The average molecular weight is 334 g/mol. The Morgan fingerprint density at radius 1 is 1.21 bits per heavy atom. The Hall–Kier alpha value is -0.940. The van der Waals surface area contributed by atoms with Gasteiger partial charge in [-0.05, 0) is 63.5 Å². The maximum absolute atomic E-state index is 11.1. The molecule has 0 saturated carbocycles. The second-order valence-electron chi connectivity index (χ2n) is 7.94. The first kappa shape index (κ1) is 17.9. The Bertz CT molecular complexity index is 566. The van der Waals surface area contributed by atoms with E-state index in [1.807, 2.05) is 19.9 Å². The molecule has 3 heterocycles. The highest BCUT2D eigenvalue weighted by atomic mass is 16.5. The van der Waals surface area contributed by atoms with Gasteiger partial charge in [0.05, 0.1) is 24.4 Å². The molecule has 4 nitrogen and oxygen atoms in total. The van der Waals surface area contributed by atoms with E-state index in [1.165, 1.54) is 0 Å². The van der Waals surface area contributed by atoms with E-state index in [-0.39, 0.29) is 12.2 Å². The summed E-state index contributed by atoms with van der Waals surface area (Å²) in [6.45, 7) is 12.6. The highest BCUT2D eigenvalue weighted by Crippen LogP contribution is 2.41. The zero-order chi connectivity index (χ0) is 17.5. The van der Waals surface area contributed by atoms with Gasteiger partial charge in [-0.1, -0.05) is 24.8 Å². The molecule has 5 atom stereocenters. The van der Waals surface area contributed by atoms with Gasteiger partial charge >= 0.3 is 0 Å². The number of aliphatic hydroxyl groups excluding tert-OH is 1. The summed E-state index contributed by atoms with van der Waals surface area (Å²) in [5, 5.41) is 21.8. The minimum absolute atomic E-state index is 0.0444. The predicted molar refractivity (Wildman–Crippen MR) is 93.7 cm³/mol. The highest BCUT2D eigenvalue weighted by molar-refractivity contribution is 5.27. The third kappa shape index (κ3) is 3.13. The van der Waals surface area contributed by atoms with Crippen molar-refractivity contribution in [3.05, 3.63) is 36.0 Å². The lowest BCUT2D eigenvalue weighted by Gasteiger charge is -2.31. The molecular weight excluding hydrogens is 304 g/mol. The van der Waals surface area contributed by atoms with Gasteiger partial charge in [0.2, 0.25) is 0 Å². The van der Waals surface area contributed by atoms with Crippen LogP contribution in [0.25, 0.3) is 0 Å². The lowest BCUT2D eigenvalue weighted by molar-refractivity contribution is -0.0990. The number of hydrogen-bond donors (Lipinski definition) is 2. The Kier molecular flexibility index (Phi) is 4.77. The average Bonchev–Trinajstić information content (AvgIpc) is 3.07. The Labute approximate surface area is 144 Å². The standard InChI is InChI=1S/C20H30O4/c1-13-5-6-17(21)19(4)9-8-16(24-19)14(2)7-10-20(22)15(3)12-23-18(20)11-13/h11,16-18,21-22H,2-3,5-10,12H2,1,4H3/b13-11+/t16-,17-,18-,19-,20+/m0/s1. The van der Waals surface area contributed by atoms with Gasteiger partial charge in [0, 0.05) is 0 Å². The number of ether oxygens (including phenoxy) is 2. The van der Waals surface area contributed by atoms with Gasteiger partial charge in [0.15, 0.2) is 0 Å². The summed E-state index contributed by atoms with van der Waals surface area (Å²) >= 11 is 0. The van der Waals surface area contributed by atoms with E-state index < -0.39 is 17.3 Å².